The lowest BCUT2D eigenvalue weighted by atomic mass is 10.1. The Morgan fingerprint density at radius 1 is 1.07 bits per heavy atom. The Balaban J connectivity index is 1.57. The highest BCUT2D eigenvalue weighted by molar-refractivity contribution is 5.96. The van der Waals surface area contributed by atoms with Crippen LogP contribution in [0.25, 0.3) is 5.69 Å². The van der Waals surface area contributed by atoms with Crippen molar-refractivity contribution >= 4 is 17.6 Å². The normalized spacial score (nSPS) is 10.4. The summed E-state index contributed by atoms with van der Waals surface area (Å²) in [6.45, 7) is 3.63. The van der Waals surface area contributed by atoms with E-state index in [1.54, 1.807) is 35.1 Å². The molecular weight excluding hydrogens is 342 g/mol. The number of aryl methyl sites for hydroxylation is 2. The van der Waals surface area contributed by atoms with Crippen molar-refractivity contribution < 1.29 is 14.3 Å². The van der Waals surface area contributed by atoms with Gasteiger partial charge < -0.3 is 10.1 Å². The first-order valence-corrected chi connectivity index (χ1v) is 8.74. The zero-order chi connectivity index (χ0) is 19.2. The molecule has 0 bridgehead atoms. The number of hydrogen-bond acceptors (Lipinski definition) is 4. The summed E-state index contributed by atoms with van der Waals surface area (Å²) in [5.74, 6) is -0.911. The third kappa shape index (κ3) is 4.41. The van der Waals surface area contributed by atoms with Gasteiger partial charge in [0.25, 0.3) is 5.91 Å². The quantitative estimate of drug-likeness (QED) is 0.680. The van der Waals surface area contributed by atoms with E-state index in [2.05, 4.69) is 10.4 Å². The number of nitrogens with one attached hydrogen (secondary N) is 1. The van der Waals surface area contributed by atoms with Gasteiger partial charge in [0.2, 0.25) is 0 Å². The molecule has 0 aliphatic carbocycles. The molecule has 3 aromatic rings. The van der Waals surface area contributed by atoms with Gasteiger partial charge in [0.1, 0.15) is 0 Å². The van der Waals surface area contributed by atoms with Crippen LogP contribution >= 0.6 is 0 Å². The summed E-state index contributed by atoms with van der Waals surface area (Å²) in [6, 6.07) is 16.3. The van der Waals surface area contributed by atoms with Crippen molar-refractivity contribution in [1.29, 1.82) is 0 Å². The molecule has 1 aromatic heterocycles. The van der Waals surface area contributed by atoms with Gasteiger partial charge in [-0.3, -0.25) is 4.79 Å². The highest BCUT2D eigenvalue weighted by Gasteiger charge is 2.12. The lowest BCUT2D eigenvalue weighted by Crippen LogP contribution is -2.21. The van der Waals surface area contributed by atoms with Gasteiger partial charge in [-0.1, -0.05) is 25.1 Å². The Labute approximate surface area is 157 Å². The van der Waals surface area contributed by atoms with Gasteiger partial charge in [-0.25, -0.2) is 9.48 Å². The number of anilines is 1. The van der Waals surface area contributed by atoms with Gasteiger partial charge in [0.05, 0.1) is 11.3 Å². The summed E-state index contributed by atoms with van der Waals surface area (Å²) in [4.78, 5) is 24.2. The van der Waals surface area contributed by atoms with Gasteiger partial charge in [0, 0.05) is 17.6 Å². The summed E-state index contributed by atoms with van der Waals surface area (Å²) in [5.41, 5.74) is 3.99. The maximum absolute atomic E-state index is 12.2. The van der Waals surface area contributed by atoms with Crippen molar-refractivity contribution in [3.8, 4) is 5.69 Å². The van der Waals surface area contributed by atoms with E-state index in [0.29, 0.717) is 5.56 Å². The molecule has 1 heterocycles. The molecule has 0 aliphatic rings. The fourth-order valence-corrected chi connectivity index (χ4v) is 2.73. The molecule has 6 heteroatoms. The van der Waals surface area contributed by atoms with Crippen LogP contribution in [-0.2, 0) is 16.0 Å². The van der Waals surface area contributed by atoms with Crippen LogP contribution in [0.5, 0.6) is 0 Å². The zero-order valence-electron chi connectivity index (χ0n) is 15.3. The summed E-state index contributed by atoms with van der Waals surface area (Å²) in [7, 11) is 0. The van der Waals surface area contributed by atoms with E-state index >= 15 is 0 Å². The number of para-hydroxylation sites is 1. The molecule has 1 N–H and O–H groups in total. The molecule has 138 valence electrons. The Bertz CT molecular complexity index is 945. The topological polar surface area (TPSA) is 73.2 Å². The van der Waals surface area contributed by atoms with Crippen molar-refractivity contribution in [3.63, 3.8) is 0 Å². The van der Waals surface area contributed by atoms with Crippen LogP contribution in [0.1, 0.15) is 28.5 Å². The first kappa shape index (κ1) is 18.4. The average molecular weight is 363 g/mol. The molecule has 1 amide bonds. The third-order valence-electron chi connectivity index (χ3n) is 4.19. The van der Waals surface area contributed by atoms with E-state index in [9.17, 15) is 9.59 Å². The summed E-state index contributed by atoms with van der Waals surface area (Å²) < 4.78 is 6.89. The second-order valence-electron chi connectivity index (χ2n) is 6.07. The van der Waals surface area contributed by atoms with Gasteiger partial charge >= 0.3 is 5.97 Å². The number of benzene rings is 2. The third-order valence-corrected chi connectivity index (χ3v) is 4.19. The first-order valence-electron chi connectivity index (χ1n) is 8.74. The van der Waals surface area contributed by atoms with Crippen LogP contribution in [0.4, 0.5) is 5.69 Å². The van der Waals surface area contributed by atoms with Crippen molar-refractivity contribution in [1.82, 2.24) is 9.78 Å². The predicted octanol–water partition coefficient (Wildman–Crippen LogP) is 3.54. The average Bonchev–Trinajstić information content (AvgIpc) is 3.12. The number of rotatable bonds is 6. The molecule has 3 rings (SSSR count). The number of nitrogens with zero attached hydrogens (tertiary/aromatic N) is 2. The maximum Gasteiger partial charge on any atom is 0.338 e. The Morgan fingerprint density at radius 2 is 1.81 bits per heavy atom. The standard InChI is InChI=1S/C21H21N3O3/c1-3-16-6-4-5-7-19(16)23-20(25)14-27-21(26)17-8-10-18(11-9-17)24-15(2)12-13-22-24/h4-13H,3,14H2,1-2H3,(H,23,25). The van der Waals surface area contributed by atoms with Crippen molar-refractivity contribution in [2.24, 2.45) is 0 Å². The van der Waals surface area contributed by atoms with Crippen LogP contribution in [-0.4, -0.2) is 28.3 Å². The monoisotopic (exact) mass is 363 g/mol. The predicted molar refractivity (Wildman–Crippen MR) is 103 cm³/mol. The number of carbonyl (C=O) groups is 2. The number of carbonyl (C=O) groups excluding carboxylic acids is 2. The highest BCUT2D eigenvalue weighted by Crippen LogP contribution is 2.15. The van der Waals surface area contributed by atoms with E-state index in [4.69, 9.17) is 4.74 Å². The van der Waals surface area contributed by atoms with Crippen LogP contribution in [0.2, 0.25) is 0 Å². The number of ether oxygens (including phenoxy) is 1. The maximum atomic E-state index is 12.2. The number of esters is 1. The molecule has 0 spiro atoms. The van der Waals surface area contributed by atoms with Crippen LogP contribution in [0.3, 0.4) is 0 Å². The van der Waals surface area contributed by atoms with Gasteiger partial charge in [-0.2, -0.15) is 5.10 Å². The van der Waals surface area contributed by atoms with E-state index < -0.39 is 5.97 Å². The fourth-order valence-electron chi connectivity index (χ4n) is 2.73. The Morgan fingerprint density at radius 3 is 2.48 bits per heavy atom. The summed E-state index contributed by atoms with van der Waals surface area (Å²) in [5, 5.41) is 7.00. The second kappa shape index (κ2) is 8.31. The Kier molecular flexibility index (Phi) is 5.66. The van der Waals surface area contributed by atoms with Gasteiger partial charge in [-0.05, 0) is 55.3 Å². The molecule has 0 aliphatic heterocycles. The van der Waals surface area contributed by atoms with E-state index in [1.165, 1.54) is 0 Å². The second-order valence-corrected chi connectivity index (χ2v) is 6.07. The molecule has 2 aromatic carbocycles. The van der Waals surface area contributed by atoms with Crippen molar-refractivity contribution in [2.45, 2.75) is 20.3 Å². The molecule has 6 nitrogen and oxygen atoms in total. The van der Waals surface area contributed by atoms with Crippen molar-refractivity contribution in [3.05, 3.63) is 77.6 Å². The fraction of sp³-hybridized carbons (Fsp3) is 0.190. The minimum absolute atomic E-state index is 0.336. The van der Waals surface area contributed by atoms with Crippen LogP contribution in [0, 0.1) is 6.92 Å². The largest absolute Gasteiger partial charge is 0.452 e. The lowest BCUT2D eigenvalue weighted by molar-refractivity contribution is -0.119. The first-order chi connectivity index (χ1) is 13.1. The molecule has 0 radical (unpaired) electrons. The van der Waals surface area contributed by atoms with Crippen molar-refractivity contribution in [2.75, 3.05) is 11.9 Å². The summed E-state index contributed by atoms with van der Waals surface area (Å²) in [6.07, 6.45) is 2.52. The SMILES string of the molecule is CCc1ccccc1NC(=O)COC(=O)c1ccc(-n2nccc2C)cc1. The lowest BCUT2D eigenvalue weighted by Gasteiger charge is -2.10. The summed E-state index contributed by atoms with van der Waals surface area (Å²) >= 11 is 0. The molecule has 0 saturated heterocycles. The van der Waals surface area contributed by atoms with Gasteiger partial charge in [-0.15, -0.1) is 0 Å². The van der Waals surface area contributed by atoms with Crippen LogP contribution < -0.4 is 5.32 Å². The zero-order valence-corrected chi connectivity index (χ0v) is 15.3. The smallest absolute Gasteiger partial charge is 0.338 e. The molecule has 0 atom stereocenters. The number of amides is 1. The molecule has 27 heavy (non-hydrogen) atoms. The molecule has 0 fully saturated rings. The number of aromatic nitrogens is 2. The highest BCUT2D eigenvalue weighted by atomic mass is 16.5. The molecular formula is C21H21N3O3. The van der Waals surface area contributed by atoms with Gasteiger partial charge in [0.15, 0.2) is 6.61 Å². The minimum Gasteiger partial charge on any atom is -0.452 e. The van der Waals surface area contributed by atoms with E-state index in [-0.39, 0.29) is 12.5 Å². The minimum atomic E-state index is -0.544. The van der Waals surface area contributed by atoms with Crippen LogP contribution in [0.15, 0.2) is 60.8 Å². The molecule has 0 unspecified atom stereocenters. The van der Waals surface area contributed by atoms with E-state index in [1.807, 2.05) is 44.2 Å². The van der Waals surface area contributed by atoms with E-state index in [0.717, 1.165) is 29.1 Å². The molecule has 0 saturated carbocycles. The number of hydrogen-bond donors (Lipinski definition) is 1. The Hall–Kier alpha value is -3.41.